The highest BCUT2D eigenvalue weighted by molar-refractivity contribution is 5.93. The van der Waals surface area contributed by atoms with E-state index in [2.05, 4.69) is 0 Å². The average Bonchev–Trinajstić information content (AvgIpc) is 2.38. The van der Waals surface area contributed by atoms with E-state index in [0.29, 0.717) is 11.1 Å². The van der Waals surface area contributed by atoms with Crippen molar-refractivity contribution in [3.05, 3.63) is 64.7 Å². The van der Waals surface area contributed by atoms with Gasteiger partial charge in [-0.3, -0.25) is 0 Å². The van der Waals surface area contributed by atoms with E-state index in [1.165, 1.54) is 0 Å². The molecule has 0 aliphatic rings. The molecule has 3 heteroatoms. The first-order valence-corrected chi connectivity index (χ1v) is 6.93. The van der Waals surface area contributed by atoms with Crippen LogP contribution in [-0.2, 0) is 11.8 Å². The maximum absolute atomic E-state index is 11.3. The summed E-state index contributed by atoms with van der Waals surface area (Å²) in [6, 6.07) is 13.6. The first-order chi connectivity index (χ1) is 9.83. The molecule has 0 saturated carbocycles. The number of hydrogen-bond acceptors (Lipinski definition) is 2. The van der Waals surface area contributed by atoms with Gasteiger partial charge < -0.3 is 10.2 Å². The monoisotopic (exact) mass is 284 g/mol. The van der Waals surface area contributed by atoms with Crippen molar-refractivity contribution in [2.75, 3.05) is 0 Å². The van der Waals surface area contributed by atoms with Gasteiger partial charge in [-0.15, -0.1) is 0 Å². The molecule has 0 atom stereocenters. The fourth-order valence-electron chi connectivity index (χ4n) is 2.71. The zero-order valence-electron chi connectivity index (χ0n) is 12.6. The third kappa shape index (κ3) is 3.07. The van der Waals surface area contributed by atoms with E-state index in [1.54, 1.807) is 13.0 Å². The topological polar surface area (TPSA) is 57.5 Å². The second-order valence-electron chi connectivity index (χ2n) is 6.01. The summed E-state index contributed by atoms with van der Waals surface area (Å²) < 4.78 is 0. The lowest BCUT2D eigenvalue weighted by Gasteiger charge is -2.27. The van der Waals surface area contributed by atoms with Crippen LogP contribution in [0.3, 0.4) is 0 Å². The summed E-state index contributed by atoms with van der Waals surface area (Å²) >= 11 is 0. The first-order valence-electron chi connectivity index (χ1n) is 6.93. The van der Waals surface area contributed by atoms with Gasteiger partial charge in [0.05, 0.1) is 0 Å². The van der Waals surface area contributed by atoms with Gasteiger partial charge >= 0.3 is 5.97 Å². The Kier molecular flexibility index (Phi) is 4.03. The van der Waals surface area contributed by atoms with Crippen LogP contribution in [0.15, 0.2) is 42.5 Å². The molecule has 0 aliphatic heterocycles. The molecule has 0 bridgehead atoms. The molecule has 2 N–H and O–H groups in total. The molecule has 0 spiro atoms. The van der Waals surface area contributed by atoms with Crippen molar-refractivity contribution in [2.24, 2.45) is 0 Å². The number of aromatic carboxylic acids is 1. The number of phenols is 1. The van der Waals surface area contributed by atoms with Crippen LogP contribution in [-0.4, -0.2) is 16.2 Å². The van der Waals surface area contributed by atoms with Crippen LogP contribution in [0, 0.1) is 6.92 Å². The lowest BCUT2D eigenvalue weighted by atomic mass is 9.77. The highest BCUT2D eigenvalue weighted by atomic mass is 16.4. The molecule has 3 nitrogen and oxygen atoms in total. The molecule has 0 unspecified atom stereocenters. The van der Waals surface area contributed by atoms with Crippen LogP contribution < -0.4 is 0 Å². The minimum Gasteiger partial charge on any atom is -0.507 e. The van der Waals surface area contributed by atoms with Gasteiger partial charge in [0.1, 0.15) is 11.3 Å². The molecular formula is C18H20O3. The van der Waals surface area contributed by atoms with Crippen LogP contribution >= 0.6 is 0 Å². The Morgan fingerprint density at radius 3 is 2.29 bits per heavy atom. The summed E-state index contributed by atoms with van der Waals surface area (Å²) in [6.45, 7) is 5.71. The van der Waals surface area contributed by atoms with E-state index in [4.69, 9.17) is 0 Å². The maximum Gasteiger partial charge on any atom is 0.339 e. The summed E-state index contributed by atoms with van der Waals surface area (Å²) in [4.78, 5) is 11.3. The van der Waals surface area contributed by atoms with Crippen LogP contribution in [0.25, 0.3) is 0 Å². The van der Waals surface area contributed by atoms with Gasteiger partial charge in [0.25, 0.3) is 0 Å². The Bertz CT molecular complexity index is 658. The second kappa shape index (κ2) is 5.60. The standard InChI is InChI=1S/C18H20O3/c1-12-9-10-14(16(19)15(12)17(20)21)18(2,3)11-13-7-5-4-6-8-13/h4-10,19H,11H2,1-3H3,(H,20,21). The molecule has 2 rings (SSSR count). The van der Waals surface area contributed by atoms with E-state index >= 15 is 0 Å². The van der Waals surface area contributed by atoms with E-state index in [0.717, 1.165) is 12.0 Å². The minimum atomic E-state index is -1.10. The van der Waals surface area contributed by atoms with Crippen molar-refractivity contribution in [1.29, 1.82) is 0 Å². The molecule has 2 aromatic rings. The summed E-state index contributed by atoms with van der Waals surface area (Å²) in [5.41, 5.74) is 2.02. The molecule has 0 heterocycles. The van der Waals surface area contributed by atoms with Gasteiger partial charge in [0, 0.05) is 5.56 Å². The largest absolute Gasteiger partial charge is 0.507 e. The van der Waals surface area contributed by atoms with Crippen molar-refractivity contribution < 1.29 is 15.0 Å². The van der Waals surface area contributed by atoms with E-state index in [1.807, 2.05) is 50.2 Å². The van der Waals surface area contributed by atoms with Crippen LogP contribution in [0.2, 0.25) is 0 Å². The SMILES string of the molecule is Cc1ccc(C(C)(C)Cc2ccccc2)c(O)c1C(=O)O. The molecule has 21 heavy (non-hydrogen) atoms. The fraction of sp³-hybridized carbons (Fsp3) is 0.278. The number of carboxylic acids is 1. The van der Waals surface area contributed by atoms with Crippen LogP contribution in [0.5, 0.6) is 5.75 Å². The van der Waals surface area contributed by atoms with Gasteiger partial charge in [0.15, 0.2) is 0 Å². The van der Waals surface area contributed by atoms with Crippen molar-refractivity contribution in [1.82, 2.24) is 0 Å². The number of carboxylic acid groups (broad SMARTS) is 1. The Hall–Kier alpha value is -2.29. The Morgan fingerprint density at radius 2 is 1.71 bits per heavy atom. The van der Waals surface area contributed by atoms with Crippen LogP contribution in [0.1, 0.15) is 40.9 Å². The average molecular weight is 284 g/mol. The van der Waals surface area contributed by atoms with Gasteiger partial charge in [-0.2, -0.15) is 0 Å². The molecule has 0 fully saturated rings. The molecule has 0 saturated heterocycles. The number of hydrogen-bond donors (Lipinski definition) is 2. The lowest BCUT2D eigenvalue weighted by molar-refractivity contribution is 0.0692. The zero-order chi connectivity index (χ0) is 15.6. The van der Waals surface area contributed by atoms with Crippen molar-refractivity contribution in [2.45, 2.75) is 32.6 Å². The Morgan fingerprint density at radius 1 is 1.10 bits per heavy atom. The Labute approximate surface area is 124 Å². The fourth-order valence-corrected chi connectivity index (χ4v) is 2.71. The summed E-state index contributed by atoms with van der Waals surface area (Å²) in [7, 11) is 0. The summed E-state index contributed by atoms with van der Waals surface area (Å²) in [5.74, 6) is -1.22. The van der Waals surface area contributed by atoms with E-state index in [-0.39, 0.29) is 16.7 Å². The lowest BCUT2D eigenvalue weighted by Crippen LogP contribution is -2.21. The van der Waals surface area contributed by atoms with Gasteiger partial charge in [-0.1, -0.05) is 56.3 Å². The summed E-state index contributed by atoms with van der Waals surface area (Å²) in [6.07, 6.45) is 0.726. The quantitative estimate of drug-likeness (QED) is 0.894. The van der Waals surface area contributed by atoms with Gasteiger partial charge in [0.2, 0.25) is 0 Å². The smallest absolute Gasteiger partial charge is 0.339 e. The minimum absolute atomic E-state index is 0.00589. The molecule has 2 aromatic carbocycles. The van der Waals surface area contributed by atoms with Crippen LogP contribution in [0.4, 0.5) is 0 Å². The third-order valence-corrected chi connectivity index (χ3v) is 3.82. The highest BCUT2D eigenvalue weighted by Gasteiger charge is 2.28. The first kappa shape index (κ1) is 15.1. The molecular weight excluding hydrogens is 264 g/mol. The summed E-state index contributed by atoms with van der Waals surface area (Å²) in [5, 5.41) is 19.6. The predicted octanol–water partition coefficient (Wildman–Crippen LogP) is 3.92. The second-order valence-corrected chi connectivity index (χ2v) is 6.01. The highest BCUT2D eigenvalue weighted by Crippen LogP contribution is 2.37. The third-order valence-electron chi connectivity index (χ3n) is 3.82. The number of benzene rings is 2. The maximum atomic E-state index is 11.3. The predicted molar refractivity (Wildman–Crippen MR) is 83.0 cm³/mol. The van der Waals surface area contributed by atoms with E-state index < -0.39 is 5.97 Å². The number of carbonyl (C=O) groups is 1. The van der Waals surface area contributed by atoms with Crippen molar-refractivity contribution >= 4 is 5.97 Å². The molecule has 0 aliphatic carbocycles. The van der Waals surface area contributed by atoms with E-state index in [9.17, 15) is 15.0 Å². The molecule has 0 amide bonds. The number of rotatable bonds is 4. The molecule has 0 radical (unpaired) electrons. The van der Waals surface area contributed by atoms with Gasteiger partial charge in [-0.25, -0.2) is 4.79 Å². The van der Waals surface area contributed by atoms with Gasteiger partial charge in [-0.05, 0) is 29.9 Å². The normalized spacial score (nSPS) is 11.4. The Balaban J connectivity index is 2.45. The zero-order valence-corrected chi connectivity index (χ0v) is 12.6. The molecule has 110 valence electrons. The number of aromatic hydroxyl groups is 1. The van der Waals surface area contributed by atoms with Crippen molar-refractivity contribution in [3.63, 3.8) is 0 Å². The number of aryl methyl sites for hydroxylation is 1. The van der Waals surface area contributed by atoms with Crippen molar-refractivity contribution in [3.8, 4) is 5.75 Å². The molecule has 0 aromatic heterocycles.